The normalized spacial score (nSPS) is 24.6. The third-order valence-corrected chi connectivity index (χ3v) is 4.89. The van der Waals surface area contributed by atoms with Gasteiger partial charge >= 0.3 is 5.97 Å². The molecule has 1 aliphatic rings. The lowest BCUT2D eigenvalue weighted by molar-refractivity contribution is -0.146. The SMILES string of the molecule is COC(=O)[C@H](CCC(N)=O)NC(=O)COC1CC(C)CCC1C(C)C. The molecule has 144 valence electrons. The van der Waals surface area contributed by atoms with Gasteiger partial charge in [-0.25, -0.2) is 4.79 Å². The fourth-order valence-corrected chi connectivity index (χ4v) is 3.40. The highest BCUT2D eigenvalue weighted by molar-refractivity contribution is 5.85. The Morgan fingerprint density at radius 3 is 2.48 bits per heavy atom. The molecule has 3 unspecified atom stereocenters. The van der Waals surface area contributed by atoms with E-state index in [1.54, 1.807) is 0 Å². The van der Waals surface area contributed by atoms with Crippen LogP contribution >= 0.6 is 0 Å². The summed E-state index contributed by atoms with van der Waals surface area (Å²) in [4.78, 5) is 34.8. The van der Waals surface area contributed by atoms with E-state index in [2.05, 4.69) is 30.8 Å². The summed E-state index contributed by atoms with van der Waals surface area (Å²) in [6, 6.07) is -0.889. The third kappa shape index (κ3) is 7.42. The summed E-state index contributed by atoms with van der Waals surface area (Å²) in [5, 5.41) is 2.57. The first-order chi connectivity index (χ1) is 11.7. The fourth-order valence-electron chi connectivity index (χ4n) is 3.40. The average Bonchev–Trinajstić information content (AvgIpc) is 2.55. The van der Waals surface area contributed by atoms with Gasteiger partial charge in [0.15, 0.2) is 0 Å². The highest BCUT2D eigenvalue weighted by atomic mass is 16.5. The highest BCUT2D eigenvalue weighted by Crippen LogP contribution is 2.35. The first-order valence-corrected chi connectivity index (χ1v) is 9.01. The second-order valence-electron chi connectivity index (χ2n) is 7.32. The zero-order valence-electron chi connectivity index (χ0n) is 15.7. The number of ether oxygens (including phenoxy) is 2. The lowest BCUT2D eigenvalue weighted by Crippen LogP contribution is -2.45. The van der Waals surface area contributed by atoms with Gasteiger partial charge in [0.2, 0.25) is 11.8 Å². The molecule has 2 amide bonds. The number of amides is 2. The largest absolute Gasteiger partial charge is 0.467 e. The number of primary amides is 1. The number of esters is 1. The molecule has 7 nitrogen and oxygen atoms in total. The number of rotatable bonds is 9. The number of nitrogens with two attached hydrogens (primary N) is 1. The highest BCUT2D eigenvalue weighted by Gasteiger charge is 2.32. The Balaban J connectivity index is 2.54. The third-order valence-electron chi connectivity index (χ3n) is 4.89. The Morgan fingerprint density at radius 2 is 1.92 bits per heavy atom. The van der Waals surface area contributed by atoms with Crippen molar-refractivity contribution in [3.05, 3.63) is 0 Å². The molecule has 1 fully saturated rings. The molecule has 0 aromatic heterocycles. The Labute approximate surface area is 150 Å². The molecular formula is C18H32N2O5. The van der Waals surface area contributed by atoms with E-state index < -0.39 is 17.9 Å². The van der Waals surface area contributed by atoms with Gasteiger partial charge in [0.1, 0.15) is 12.6 Å². The second-order valence-corrected chi connectivity index (χ2v) is 7.32. The van der Waals surface area contributed by atoms with Crippen LogP contribution in [0.4, 0.5) is 0 Å². The van der Waals surface area contributed by atoms with Crippen molar-refractivity contribution in [2.45, 2.75) is 65.0 Å². The quantitative estimate of drug-likeness (QED) is 0.607. The molecule has 0 aliphatic heterocycles. The molecule has 7 heteroatoms. The molecule has 1 saturated carbocycles. The monoisotopic (exact) mass is 356 g/mol. The van der Waals surface area contributed by atoms with Gasteiger partial charge in [0, 0.05) is 6.42 Å². The lowest BCUT2D eigenvalue weighted by atomic mass is 9.75. The smallest absolute Gasteiger partial charge is 0.328 e. The van der Waals surface area contributed by atoms with Crippen LogP contribution in [0.3, 0.4) is 0 Å². The van der Waals surface area contributed by atoms with Crippen LogP contribution in [0, 0.1) is 17.8 Å². The number of nitrogens with one attached hydrogen (secondary N) is 1. The zero-order chi connectivity index (χ0) is 19.0. The number of hydrogen-bond acceptors (Lipinski definition) is 5. The van der Waals surface area contributed by atoms with Gasteiger partial charge in [-0.15, -0.1) is 0 Å². The summed E-state index contributed by atoms with van der Waals surface area (Å²) in [6.45, 7) is 6.44. The van der Waals surface area contributed by atoms with Crippen LogP contribution in [0.2, 0.25) is 0 Å². The van der Waals surface area contributed by atoms with E-state index in [-0.39, 0.29) is 31.5 Å². The van der Waals surface area contributed by atoms with E-state index in [4.69, 9.17) is 10.5 Å². The van der Waals surface area contributed by atoms with Gasteiger partial charge < -0.3 is 20.5 Å². The van der Waals surface area contributed by atoms with Crippen molar-refractivity contribution in [2.75, 3.05) is 13.7 Å². The van der Waals surface area contributed by atoms with E-state index in [1.165, 1.54) is 13.5 Å². The summed E-state index contributed by atoms with van der Waals surface area (Å²) in [7, 11) is 1.24. The Morgan fingerprint density at radius 1 is 1.24 bits per heavy atom. The van der Waals surface area contributed by atoms with Gasteiger partial charge in [0.25, 0.3) is 0 Å². The molecule has 1 rings (SSSR count). The van der Waals surface area contributed by atoms with Crippen LogP contribution in [0.5, 0.6) is 0 Å². The standard InChI is InChI=1S/C18H32N2O5/c1-11(2)13-6-5-12(3)9-15(13)25-10-17(22)20-14(18(23)24-4)7-8-16(19)21/h11-15H,5-10H2,1-4H3,(H2,19,21)(H,20,22)/t12?,13?,14-,15?/m0/s1. The van der Waals surface area contributed by atoms with Crippen LogP contribution < -0.4 is 11.1 Å². The van der Waals surface area contributed by atoms with Crippen molar-refractivity contribution in [3.8, 4) is 0 Å². The van der Waals surface area contributed by atoms with Crippen molar-refractivity contribution in [1.82, 2.24) is 5.32 Å². The molecule has 0 aromatic rings. The summed E-state index contributed by atoms with van der Waals surface area (Å²) >= 11 is 0. The summed E-state index contributed by atoms with van der Waals surface area (Å²) in [6.07, 6.45) is 3.40. The molecule has 3 N–H and O–H groups in total. The molecule has 0 bridgehead atoms. The van der Waals surface area contributed by atoms with Crippen molar-refractivity contribution in [2.24, 2.45) is 23.5 Å². The van der Waals surface area contributed by atoms with Crippen molar-refractivity contribution in [3.63, 3.8) is 0 Å². The van der Waals surface area contributed by atoms with Crippen LogP contribution in [0.25, 0.3) is 0 Å². The Bertz CT molecular complexity index is 466. The second kappa shape index (κ2) is 10.4. The van der Waals surface area contributed by atoms with E-state index in [9.17, 15) is 14.4 Å². The van der Waals surface area contributed by atoms with E-state index in [0.29, 0.717) is 17.8 Å². The fraction of sp³-hybridized carbons (Fsp3) is 0.833. The zero-order valence-corrected chi connectivity index (χ0v) is 15.7. The van der Waals surface area contributed by atoms with E-state index in [0.717, 1.165) is 12.8 Å². The molecule has 1 aliphatic carbocycles. The summed E-state index contributed by atoms with van der Waals surface area (Å²) in [5.74, 6) is 0.00701. The van der Waals surface area contributed by atoms with Crippen LogP contribution in [0.1, 0.15) is 52.9 Å². The van der Waals surface area contributed by atoms with E-state index >= 15 is 0 Å². The lowest BCUT2D eigenvalue weighted by Gasteiger charge is -2.37. The predicted octanol–water partition coefficient (Wildman–Crippen LogP) is 1.39. The van der Waals surface area contributed by atoms with E-state index in [1.807, 2.05) is 0 Å². The molecule has 0 aromatic carbocycles. The Kier molecular flexibility index (Phi) is 8.89. The number of methoxy groups -OCH3 is 1. The molecular weight excluding hydrogens is 324 g/mol. The van der Waals surface area contributed by atoms with Gasteiger partial charge in [0.05, 0.1) is 13.2 Å². The van der Waals surface area contributed by atoms with Crippen molar-refractivity contribution in [1.29, 1.82) is 0 Å². The van der Waals surface area contributed by atoms with Gasteiger partial charge in [-0.3, -0.25) is 9.59 Å². The maximum atomic E-state index is 12.2. The summed E-state index contributed by atoms with van der Waals surface area (Å²) < 4.78 is 10.5. The van der Waals surface area contributed by atoms with Crippen molar-refractivity contribution < 1.29 is 23.9 Å². The first-order valence-electron chi connectivity index (χ1n) is 9.01. The van der Waals surface area contributed by atoms with Gasteiger partial charge in [-0.1, -0.05) is 27.2 Å². The minimum atomic E-state index is -0.889. The number of hydrogen-bond donors (Lipinski definition) is 2. The molecule has 0 heterocycles. The topological polar surface area (TPSA) is 108 Å². The first kappa shape index (κ1) is 21.4. The minimum Gasteiger partial charge on any atom is -0.467 e. The molecule has 0 radical (unpaired) electrons. The van der Waals surface area contributed by atoms with Gasteiger partial charge in [-0.2, -0.15) is 0 Å². The predicted molar refractivity (Wildman–Crippen MR) is 93.5 cm³/mol. The maximum Gasteiger partial charge on any atom is 0.328 e. The Hall–Kier alpha value is -1.63. The number of carbonyl (C=O) groups is 3. The van der Waals surface area contributed by atoms with Gasteiger partial charge in [-0.05, 0) is 37.0 Å². The van der Waals surface area contributed by atoms with Crippen LogP contribution in [0.15, 0.2) is 0 Å². The van der Waals surface area contributed by atoms with Crippen LogP contribution in [-0.2, 0) is 23.9 Å². The minimum absolute atomic E-state index is 0.00350. The molecule has 4 atom stereocenters. The molecule has 25 heavy (non-hydrogen) atoms. The average molecular weight is 356 g/mol. The van der Waals surface area contributed by atoms with Crippen molar-refractivity contribution >= 4 is 17.8 Å². The number of carbonyl (C=O) groups excluding carboxylic acids is 3. The van der Waals surface area contributed by atoms with Crippen LogP contribution in [-0.4, -0.2) is 43.6 Å². The summed E-state index contributed by atoms with van der Waals surface area (Å²) in [5.41, 5.74) is 5.10. The maximum absolute atomic E-state index is 12.2. The molecule has 0 saturated heterocycles. The molecule has 0 spiro atoms.